The van der Waals surface area contributed by atoms with Gasteiger partial charge in [0.15, 0.2) is 0 Å². The fourth-order valence-corrected chi connectivity index (χ4v) is 0. The molecule has 56 valence electrons. The van der Waals surface area contributed by atoms with Crippen LogP contribution in [0.2, 0.25) is 0 Å². The van der Waals surface area contributed by atoms with Gasteiger partial charge in [0.1, 0.15) is 0 Å². The molecule has 0 aliphatic rings. The van der Waals surface area contributed by atoms with Crippen molar-refractivity contribution in [3.8, 4) is 0 Å². The molecule has 0 aromatic rings. The zero-order valence-corrected chi connectivity index (χ0v) is 12.7. The Bertz CT molecular complexity index is 99.7. The third kappa shape index (κ3) is 103. The van der Waals surface area contributed by atoms with Gasteiger partial charge in [-0.05, 0) is 0 Å². The van der Waals surface area contributed by atoms with Crippen molar-refractivity contribution in [2.45, 2.75) is 0 Å². The molecule has 6 N–H and O–H groups in total. The van der Waals surface area contributed by atoms with Gasteiger partial charge in [-0.2, -0.15) is 0 Å². The van der Waals surface area contributed by atoms with Gasteiger partial charge in [-0.1, -0.05) is 0 Å². The van der Waals surface area contributed by atoms with Gasteiger partial charge in [-0.25, -0.2) is 0 Å². The number of hydrogen-bond donors (Lipinski definition) is 2. The molecule has 0 rings (SSSR count). The van der Waals surface area contributed by atoms with Crippen LogP contribution in [-0.2, 0) is 23.5 Å². The van der Waals surface area contributed by atoms with Gasteiger partial charge in [-0.3, -0.25) is 0 Å². The third-order valence-electron chi connectivity index (χ3n) is 0. The van der Waals surface area contributed by atoms with Crippen molar-refractivity contribution in [1.82, 2.24) is 12.3 Å². The number of rotatable bonds is 0. The molecule has 0 aliphatic heterocycles. The number of hydrogen-bond acceptors (Lipinski definition) is 6. The fraction of sp³-hybridized carbons (Fsp3) is 0. The van der Waals surface area contributed by atoms with Crippen molar-refractivity contribution in [3.63, 3.8) is 0 Å². The zero-order valence-electron chi connectivity index (χ0n) is 4.46. The molecule has 0 atom stereocenters. The van der Waals surface area contributed by atoms with Gasteiger partial charge in [0.05, 0.1) is 0 Å². The molecule has 0 saturated heterocycles. The summed E-state index contributed by atoms with van der Waals surface area (Å²) in [6.07, 6.45) is 0. The molecule has 9 heavy (non-hydrogen) atoms. The third-order valence-corrected chi connectivity index (χ3v) is 0. The van der Waals surface area contributed by atoms with Gasteiger partial charge in [0.25, 0.3) is 0 Å². The maximum absolute atomic E-state index is 8.63. The van der Waals surface area contributed by atoms with E-state index in [1.807, 2.05) is 0 Å². The molecular weight excluding hydrogens is 468 g/mol. The van der Waals surface area contributed by atoms with Crippen molar-refractivity contribution in [2.24, 2.45) is 0 Å². The molecule has 6 nitrogen and oxygen atoms in total. The van der Waals surface area contributed by atoms with E-state index in [1.54, 1.807) is 0 Å². The standard InChI is InChI=1S/2Ce.Mo.2H3N.4O/h;;;2*1H3;;;;/q;;;;;;;2*-1. The summed E-state index contributed by atoms with van der Waals surface area (Å²) in [6, 6.07) is 0. The molecule has 0 aliphatic carbocycles. The Kier molecular flexibility index (Phi) is 44.5. The second-order valence-corrected chi connectivity index (χ2v) is 2.42. The van der Waals surface area contributed by atoms with Crippen molar-refractivity contribution >= 4 is 0 Å². The summed E-state index contributed by atoms with van der Waals surface area (Å²) < 4.78 is 34.5. The van der Waals surface area contributed by atoms with Crippen LogP contribution >= 0.6 is 0 Å². The minimum absolute atomic E-state index is 0. The minimum atomic E-state index is -6.02. The van der Waals surface area contributed by atoms with E-state index >= 15 is 0 Å². The van der Waals surface area contributed by atoms with Crippen LogP contribution in [0, 0.1) is 83.5 Å². The first-order valence-corrected chi connectivity index (χ1v) is 3.94. The van der Waals surface area contributed by atoms with Crippen LogP contribution in [0.15, 0.2) is 0 Å². The van der Waals surface area contributed by atoms with Crippen LogP contribution in [0.3, 0.4) is 0 Å². The quantitative estimate of drug-likeness (QED) is 0.378. The summed E-state index contributed by atoms with van der Waals surface area (Å²) in [5.41, 5.74) is 0. The Morgan fingerprint density at radius 3 is 0.889 bits per heavy atom. The SMILES string of the molecule is N.N.[Ce].[Ce].[O]=[Mo](=[O])([O-])[O-]. The molecule has 9 heteroatoms. The first-order chi connectivity index (χ1) is 2.00. The van der Waals surface area contributed by atoms with E-state index < -0.39 is 16.7 Å². The summed E-state index contributed by atoms with van der Waals surface area (Å²) in [5.74, 6) is 0. The fourth-order valence-electron chi connectivity index (χ4n) is 0. The van der Waals surface area contributed by atoms with Crippen LogP contribution in [0.1, 0.15) is 0 Å². The summed E-state index contributed by atoms with van der Waals surface area (Å²) in [7, 11) is 0. The molecule has 0 radical (unpaired) electrons. The Hall–Kier alpha value is 2.88. The Labute approximate surface area is 124 Å². The average molecular weight is 474 g/mol. The predicted molar refractivity (Wildman–Crippen MR) is 11.4 cm³/mol. The van der Waals surface area contributed by atoms with Gasteiger partial charge < -0.3 is 12.3 Å². The summed E-state index contributed by atoms with van der Waals surface area (Å²) in [5, 5.41) is 0. The van der Waals surface area contributed by atoms with Gasteiger partial charge in [-0.15, -0.1) is 0 Å². The monoisotopic (exact) mass is 476 g/mol. The first kappa shape index (κ1) is 29.7. The van der Waals surface area contributed by atoms with Gasteiger partial charge >= 0.3 is 31.1 Å². The molecule has 0 amide bonds. The van der Waals surface area contributed by atoms with Crippen LogP contribution in [-0.4, -0.2) is 0 Å². The average Bonchev–Trinajstić information content (AvgIpc) is 0.722. The van der Waals surface area contributed by atoms with E-state index in [0.29, 0.717) is 0 Å². The van der Waals surface area contributed by atoms with E-state index in [1.165, 1.54) is 0 Å². The van der Waals surface area contributed by atoms with Crippen LogP contribution in [0.5, 0.6) is 0 Å². The van der Waals surface area contributed by atoms with Gasteiger partial charge in [0, 0.05) is 83.5 Å². The Morgan fingerprint density at radius 2 is 0.889 bits per heavy atom. The van der Waals surface area contributed by atoms with E-state index in [4.69, 9.17) is 14.3 Å². The summed E-state index contributed by atoms with van der Waals surface area (Å²) in [4.78, 5) is 0. The van der Waals surface area contributed by atoms with Crippen molar-refractivity contribution < 1.29 is 115 Å². The van der Waals surface area contributed by atoms with Crippen molar-refractivity contribution in [1.29, 1.82) is 0 Å². The van der Waals surface area contributed by atoms with E-state index in [-0.39, 0.29) is 95.8 Å². The molecule has 0 aromatic carbocycles. The molecule has 0 unspecified atom stereocenters. The predicted octanol–water partition coefficient (Wildman–Crippen LogP) is -2.29. The van der Waals surface area contributed by atoms with Crippen LogP contribution in [0.4, 0.5) is 0 Å². The van der Waals surface area contributed by atoms with Crippen LogP contribution in [0.25, 0.3) is 0 Å². The van der Waals surface area contributed by atoms with E-state index in [0.717, 1.165) is 0 Å². The van der Waals surface area contributed by atoms with Crippen LogP contribution < -0.4 is 19.8 Å². The van der Waals surface area contributed by atoms with Crippen molar-refractivity contribution in [3.05, 3.63) is 0 Å². The molecule has 0 heterocycles. The molecular formula is H6Ce2MoN2O4-2. The maximum atomic E-state index is 8.63. The van der Waals surface area contributed by atoms with E-state index in [2.05, 4.69) is 0 Å². The van der Waals surface area contributed by atoms with Crippen molar-refractivity contribution in [2.75, 3.05) is 0 Å². The molecule has 0 saturated carbocycles. The molecule has 0 aromatic heterocycles. The Balaban J connectivity index is -0.0000000133. The van der Waals surface area contributed by atoms with Gasteiger partial charge in [0.2, 0.25) is 0 Å². The normalized spacial score (nSPS) is 6.44. The summed E-state index contributed by atoms with van der Waals surface area (Å²) in [6.45, 7) is 0. The second-order valence-electron chi connectivity index (χ2n) is 0.408. The molecule has 0 spiro atoms. The molecule has 0 fully saturated rings. The molecule has 0 bridgehead atoms. The zero-order chi connectivity index (χ0) is 4.50. The topological polar surface area (TPSA) is 150 Å². The summed E-state index contributed by atoms with van der Waals surface area (Å²) >= 11 is -6.02. The Morgan fingerprint density at radius 1 is 0.889 bits per heavy atom. The van der Waals surface area contributed by atoms with E-state index in [9.17, 15) is 0 Å². The first-order valence-electron chi connectivity index (χ1n) is 0.667. The second kappa shape index (κ2) is 13.5.